The summed E-state index contributed by atoms with van der Waals surface area (Å²) in [6.07, 6.45) is 7.36. The maximum atomic E-state index is 11.8. The molecule has 0 bridgehead atoms. The zero-order valence-corrected chi connectivity index (χ0v) is 12.1. The standard InChI is InChI=1S/C15H25NO4/c1-10-4-2-3-5-13(10)20-9-14(17)16-12(15(18)19)8-11-6-7-11/h10-13H,2-9H2,1H3,(H,16,17)(H,18,19). The van der Waals surface area contributed by atoms with Gasteiger partial charge in [-0.3, -0.25) is 4.79 Å². The number of carboxylic acids is 1. The Morgan fingerprint density at radius 2 is 1.95 bits per heavy atom. The molecule has 0 aliphatic heterocycles. The lowest BCUT2D eigenvalue weighted by atomic mass is 9.88. The fourth-order valence-electron chi connectivity index (χ4n) is 2.86. The summed E-state index contributed by atoms with van der Waals surface area (Å²) in [5.74, 6) is -0.305. The highest BCUT2D eigenvalue weighted by Crippen LogP contribution is 2.33. The van der Waals surface area contributed by atoms with E-state index in [0.717, 1.165) is 32.1 Å². The zero-order valence-electron chi connectivity index (χ0n) is 12.1. The minimum atomic E-state index is -0.948. The molecule has 114 valence electrons. The van der Waals surface area contributed by atoms with Gasteiger partial charge in [0.25, 0.3) is 0 Å². The molecule has 5 heteroatoms. The molecule has 1 amide bonds. The van der Waals surface area contributed by atoms with Gasteiger partial charge in [0.1, 0.15) is 12.6 Å². The molecule has 0 saturated heterocycles. The van der Waals surface area contributed by atoms with Crippen molar-refractivity contribution in [1.82, 2.24) is 5.32 Å². The molecule has 0 aromatic heterocycles. The predicted molar refractivity (Wildman–Crippen MR) is 74.3 cm³/mol. The monoisotopic (exact) mass is 283 g/mol. The Bertz CT molecular complexity index is 354. The van der Waals surface area contributed by atoms with Gasteiger partial charge in [0.2, 0.25) is 5.91 Å². The summed E-state index contributed by atoms with van der Waals surface area (Å²) in [7, 11) is 0. The second-order valence-corrected chi connectivity index (χ2v) is 6.25. The van der Waals surface area contributed by atoms with Crippen LogP contribution in [0.25, 0.3) is 0 Å². The van der Waals surface area contributed by atoms with Crippen LogP contribution in [0.4, 0.5) is 0 Å². The molecule has 2 fully saturated rings. The third-order valence-electron chi connectivity index (χ3n) is 4.36. The first-order valence-corrected chi connectivity index (χ1v) is 7.70. The zero-order chi connectivity index (χ0) is 14.5. The molecule has 2 aliphatic carbocycles. The SMILES string of the molecule is CC1CCCCC1OCC(=O)NC(CC1CC1)C(=O)O. The van der Waals surface area contributed by atoms with E-state index in [0.29, 0.717) is 18.3 Å². The second-order valence-electron chi connectivity index (χ2n) is 6.25. The fourth-order valence-corrected chi connectivity index (χ4v) is 2.86. The number of amides is 1. The van der Waals surface area contributed by atoms with Crippen molar-refractivity contribution in [3.8, 4) is 0 Å². The van der Waals surface area contributed by atoms with E-state index in [4.69, 9.17) is 9.84 Å². The van der Waals surface area contributed by atoms with E-state index >= 15 is 0 Å². The van der Waals surface area contributed by atoms with Gasteiger partial charge in [-0.2, -0.15) is 0 Å². The number of carbonyl (C=O) groups excluding carboxylic acids is 1. The third kappa shape index (κ3) is 4.78. The highest BCUT2D eigenvalue weighted by Gasteiger charge is 2.30. The Balaban J connectivity index is 1.71. The molecule has 20 heavy (non-hydrogen) atoms. The highest BCUT2D eigenvalue weighted by atomic mass is 16.5. The van der Waals surface area contributed by atoms with E-state index in [1.165, 1.54) is 6.42 Å². The van der Waals surface area contributed by atoms with Gasteiger partial charge < -0.3 is 15.2 Å². The van der Waals surface area contributed by atoms with Crippen molar-refractivity contribution in [2.75, 3.05) is 6.61 Å². The number of carboxylic acid groups (broad SMARTS) is 1. The van der Waals surface area contributed by atoms with Crippen LogP contribution in [0.15, 0.2) is 0 Å². The Hall–Kier alpha value is -1.10. The van der Waals surface area contributed by atoms with Gasteiger partial charge in [-0.05, 0) is 31.1 Å². The van der Waals surface area contributed by atoms with Crippen LogP contribution in [-0.4, -0.2) is 35.7 Å². The molecule has 2 N–H and O–H groups in total. The molecule has 2 rings (SSSR count). The quantitative estimate of drug-likeness (QED) is 0.749. The van der Waals surface area contributed by atoms with Crippen molar-refractivity contribution in [2.45, 2.75) is 64.0 Å². The summed E-state index contributed by atoms with van der Waals surface area (Å²) in [5, 5.41) is 11.7. The van der Waals surface area contributed by atoms with Crippen molar-refractivity contribution in [1.29, 1.82) is 0 Å². The topological polar surface area (TPSA) is 75.6 Å². The van der Waals surface area contributed by atoms with Gasteiger partial charge in [-0.15, -0.1) is 0 Å². The summed E-state index contributed by atoms with van der Waals surface area (Å²) in [6, 6.07) is -0.762. The lowest BCUT2D eigenvalue weighted by Crippen LogP contribution is -2.43. The van der Waals surface area contributed by atoms with Gasteiger partial charge in [0.05, 0.1) is 6.10 Å². The summed E-state index contributed by atoms with van der Waals surface area (Å²) < 4.78 is 5.65. The summed E-state index contributed by atoms with van der Waals surface area (Å²) in [5.41, 5.74) is 0. The van der Waals surface area contributed by atoms with Crippen LogP contribution in [0.2, 0.25) is 0 Å². The number of ether oxygens (including phenoxy) is 1. The van der Waals surface area contributed by atoms with Crippen LogP contribution in [0.5, 0.6) is 0 Å². The fraction of sp³-hybridized carbons (Fsp3) is 0.867. The van der Waals surface area contributed by atoms with Gasteiger partial charge >= 0.3 is 5.97 Å². The summed E-state index contributed by atoms with van der Waals surface area (Å²) in [6.45, 7) is 2.12. The summed E-state index contributed by atoms with van der Waals surface area (Å²) in [4.78, 5) is 22.9. The lowest BCUT2D eigenvalue weighted by molar-refractivity contribution is -0.143. The minimum Gasteiger partial charge on any atom is -0.480 e. The molecule has 0 spiro atoms. The lowest BCUT2D eigenvalue weighted by Gasteiger charge is -2.28. The Kier molecular flexibility index (Phi) is 5.40. The van der Waals surface area contributed by atoms with Gasteiger partial charge in [-0.25, -0.2) is 4.79 Å². The maximum absolute atomic E-state index is 11.8. The van der Waals surface area contributed by atoms with E-state index in [-0.39, 0.29) is 18.6 Å². The average molecular weight is 283 g/mol. The van der Waals surface area contributed by atoms with Crippen LogP contribution >= 0.6 is 0 Å². The molecule has 0 aromatic rings. The normalized spacial score (nSPS) is 27.9. The molecular weight excluding hydrogens is 258 g/mol. The van der Waals surface area contributed by atoms with Crippen molar-refractivity contribution in [3.63, 3.8) is 0 Å². The molecule has 3 atom stereocenters. The van der Waals surface area contributed by atoms with Crippen molar-refractivity contribution >= 4 is 11.9 Å². The van der Waals surface area contributed by atoms with Crippen molar-refractivity contribution in [2.24, 2.45) is 11.8 Å². The average Bonchev–Trinajstić information content (AvgIpc) is 3.21. The number of aliphatic carboxylic acids is 1. The van der Waals surface area contributed by atoms with E-state index in [1.807, 2.05) is 0 Å². The largest absolute Gasteiger partial charge is 0.480 e. The molecule has 2 aliphatic rings. The van der Waals surface area contributed by atoms with Crippen LogP contribution in [-0.2, 0) is 14.3 Å². The third-order valence-corrected chi connectivity index (χ3v) is 4.36. The summed E-state index contributed by atoms with van der Waals surface area (Å²) >= 11 is 0. The smallest absolute Gasteiger partial charge is 0.326 e. The van der Waals surface area contributed by atoms with Crippen LogP contribution in [0, 0.1) is 11.8 Å². The molecule has 5 nitrogen and oxygen atoms in total. The molecular formula is C15H25NO4. The predicted octanol–water partition coefficient (Wildman–Crippen LogP) is 1.95. The van der Waals surface area contributed by atoms with E-state index < -0.39 is 12.0 Å². The number of rotatable bonds is 7. The van der Waals surface area contributed by atoms with Gasteiger partial charge in [-0.1, -0.05) is 32.6 Å². The van der Waals surface area contributed by atoms with Crippen LogP contribution in [0.1, 0.15) is 51.9 Å². The first-order valence-electron chi connectivity index (χ1n) is 7.70. The van der Waals surface area contributed by atoms with Crippen molar-refractivity contribution in [3.05, 3.63) is 0 Å². The van der Waals surface area contributed by atoms with Gasteiger partial charge in [0.15, 0.2) is 0 Å². The molecule has 3 unspecified atom stereocenters. The minimum absolute atomic E-state index is 0.0244. The van der Waals surface area contributed by atoms with E-state index in [9.17, 15) is 9.59 Å². The number of carbonyl (C=O) groups is 2. The molecule has 0 heterocycles. The second kappa shape index (κ2) is 7.07. The van der Waals surface area contributed by atoms with Crippen LogP contribution < -0.4 is 5.32 Å². The first kappa shape index (κ1) is 15.3. The highest BCUT2D eigenvalue weighted by molar-refractivity contribution is 5.84. The van der Waals surface area contributed by atoms with E-state index in [1.54, 1.807) is 0 Å². The number of hydrogen-bond acceptors (Lipinski definition) is 3. The Labute approximate surface area is 120 Å². The maximum Gasteiger partial charge on any atom is 0.326 e. The van der Waals surface area contributed by atoms with Gasteiger partial charge in [0, 0.05) is 0 Å². The molecule has 2 saturated carbocycles. The Morgan fingerprint density at radius 1 is 1.25 bits per heavy atom. The number of nitrogens with one attached hydrogen (secondary N) is 1. The Morgan fingerprint density at radius 3 is 2.55 bits per heavy atom. The van der Waals surface area contributed by atoms with E-state index in [2.05, 4.69) is 12.2 Å². The first-order chi connectivity index (χ1) is 9.56. The molecule has 0 radical (unpaired) electrons. The molecule has 0 aromatic carbocycles. The number of hydrogen-bond donors (Lipinski definition) is 2. The van der Waals surface area contributed by atoms with Crippen LogP contribution in [0.3, 0.4) is 0 Å². The van der Waals surface area contributed by atoms with Crippen molar-refractivity contribution < 1.29 is 19.4 Å².